The van der Waals surface area contributed by atoms with Gasteiger partial charge in [0.1, 0.15) is 6.61 Å². The summed E-state index contributed by atoms with van der Waals surface area (Å²) >= 11 is 0. The second-order valence-electron chi connectivity index (χ2n) is 4.19. The first-order valence-electron chi connectivity index (χ1n) is 5.99. The van der Waals surface area contributed by atoms with E-state index in [0.29, 0.717) is 24.3 Å². The maximum Gasteiger partial charge on any atom is 0.252 e. The largest absolute Gasteiger partial charge is 0.384 e. The Morgan fingerprint density at radius 2 is 2.37 bits per heavy atom. The average molecular weight is 262 g/mol. The van der Waals surface area contributed by atoms with Crippen LogP contribution in [-0.2, 0) is 4.74 Å². The van der Waals surface area contributed by atoms with E-state index >= 15 is 0 Å². The zero-order chi connectivity index (χ0) is 14.1. The van der Waals surface area contributed by atoms with Gasteiger partial charge < -0.3 is 15.2 Å². The number of aromatic nitrogens is 1. The van der Waals surface area contributed by atoms with Crippen molar-refractivity contribution in [2.45, 2.75) is 6.92 Å². The molecule has 1 amide bonds. The molecule has 0 aromatic carbocycles. The summed E-state index contributed by atoms with van der Waals surface area (Å²) in [6, 6.07) is 1.64. The van der Waals surface area contributed by atoms with Crippen molar-refractivity contribution in [2.75, 3.05) is 26.9 Å². The SMILES string of the molecule is COCC(C)CNC(=O)c1cncc(C#CCO)c1. The predicted octanol–water partition coefficient (Wildman–Crippen LogP) is 0.438. The Balaban J connectivity index is 2.61. The third kappa shape index (κ3) is 5.51. The van der Waals surface area contributed by atoms with Crippen molar-refractivity contribution in [1.29, 1.82) is 0 Å². The summed E-state index contributed by atoms with van der Waals surface area (Å²) in [5, 5.41) is 11.4. The Morgan fingerprint density at radius 1 is 1.58 bits per heavy atom. The highest BCUT2D eigenvalue weighted by atomic mass is 16.5. The van der Waals surface area contributed by atoms with Gasteiger partial charge in [-0.3, -0.25) is 9.78 Å². The molecule has 2 N–H and O–H groups in total. The summed E-state index contributed by atoms with van der Waals surface area (Å²) in [6.45, 7) is 2.91. The Labute approximate surface area is 113 Å². The first-order chi connectivity index (χ1) is 9.17. The number of aliphatic hydroxyl groups excluding tert-OH is 1. The Hall–Kier alpha value is -1.90. The third-order valence-electron chi connectivity index (χ3n) is 2.37. The number of carbonyl (C=O) groups is 1. The van der Waals surface area contributed by atoms with E-state index in [2.05, 4.69) is 22.1 Å². The lowest BCUT2D eigenvalue weighted by molar-refractivity contribution is 0.0933. The maximum absolute atomic E-state index is 11.9. The van der Waals surface area contributed by atoms with E-state index < -0.39 is 0 Å². The highest BCUT2D eigenvalue weighted by Gasteiger charge is 2.08. The molecule has 5 nitrogen and oxygen atoms in total. The van der Waals surface area contributed by atoms with Crippen LogP contribution in [0.1, 0.15) is 22.8 Å². The molecule has 0 saturated carbocycles. The molecule has 5 heteroatoms. The van der Waals surface area contributed by atoms with E-state index in [1.54, 1.807) is 19.4 Å². The van der Waals surface area contributed by atoms with E-state index in [1.165, 1.54) is 6.20 Å². The molecule has 0 spiro atoms. The van der Waals surface area contributed by atoms with Crippen molar-refractivity contribution in [2.24, 2.45) is 5.92 Å². The monoisotopic (exact) mass is 262 g/mol. The number of pyridine rings is 1. The molecule has 0 aliphatic heterocycles. The van der Waals surface area contributed by atoms with E-state index in [1.807, 2.05) is 6.92 Å². The van der Waals surface area contributed by atoms with Crippen LogP contribution in [0.3, 0.4) is 0 Å². The Bertz CT molecular complexity index is 477. The summed E-state index contributed by atoms with van der Waals surface area (Å²) in [4.78, 5) is 15.8. The number of nitrogens with zero attached hydrogens (tertiary/aromatic N) is 1. The summed E-state index contributed by atoms with van der Waals surface area (Å²) in [5.74, 6) is 5.28. The van der Waals surface area contributed by atoms with Crippen LogP contribution in [0.4, 0.5) is 0 Å². The minimum Gasteiger partial charge on any atom is -0.384 e. The highest BCUT2D eigenvalue weighted by Crippen LogP contribution is 2.02. The molecule has 1 heterocycles. The predicted molar refractivity (Wildman–Crippen MR) is 71.6 cm³/mol. The molecule has 0 aliphatic carbocycles. The fraction of sp³-hybridized carbons (Fsp3) is 0.429. The molecule has 1 atom stereocenters. The van der Waals surface area contributed by atoms with Crippen LogP contribution in [0.2, 0.25) is 0 Å². The molecule has 0 bridgehead atoms. The number of ether oxygens (including phenoxy) is 1. The van der Waals surface area contributed by atoms with Crippen LogP contribution in [-0.4, -0.2) is 42.9 Å². The molecule has 0 aliphatic rings. The standard InChI is InChI=1S/C14H18N2O3/c1-11(10-19-2)7-16-14(18)13-6-12(4-3-5-17)8-15-9-13/h6,8-9,11,17H,5,7,10H2,1-2H3,(H,16,18). The first-order valence-corrected chi connectivity index (χ1v) is 5.99. The Morgan fingerprint density at radius 3 is 3.05 bits per heavy atom. The number of methoxy groups -OCH3 is 1. The lowest BCUT2D eigenvalue weighted by atomic mass is 10.1. The van der Waals surface area contributed by atoms with Crippen LogP contribution in [0.25, 0.3) is 0 Å². The zero-order valence-electron chi connectivity index (χ0n) is 11.1. The van der Waals surface area contributed by atoms with Crippen molar-refractivity contribution in [3.63, 3.8) is 0 Å². The number of amides is 1. The van der Waals surface area contributed by atoms with Crippen LogP contribution in [0.15, 0.2) is 18.5 Å². The van der Waals surface area contributed by atoms with Gasteiger partial charge in [-0.2, -0.15) is 0 Å². The molecule has 1 aromatic rings. The smallest absolute Gasteiger partial charge is 0.252 e. The molecule has 1 aromatic heterocycles. The summed E-state index contributed by atoms with van der Waals surface area (Å²) in [6.07, 6.45) is 3.04. The van der Waals surface area contributed by atoms with E-state index in [4.69, 9.17) is 9.84 Å². The first kappa shape index (κ1) is 15.2. The zero-order valence-corrected chi connectivity index (χ0v) is 11.1. The van der Waals surface area contributed by atoms with Crippen molar-refractivity contribution in [1.82, 2.24) is 10.3 Å². The molecule has 0 saturated heterocycles. The molecule has 0 radical (unpaired) electrons. The van der Waals surface area contributed by atoms with Gasteiger partial charge in [0.15, 0.2) is 0 Å². The van der Waals surface area contributed by atoms with Gasteiger partial charge in [-0.25, -0.2) is 0 Å². The molecular weight excluding hydrogens is 244 g/mol. The minimum absolute atomic E-state index is 0.192. The van der Waals surface area contributed by atoms with Crippen LogP contribution in [0, 0.1) is 17.8 Å². The molecule has 1 unspecified atom stereocenters. The number of hydrogen-bond acceptors (Lipinski definition) is 4. The second kappa shape index (κ2) is 8.25. The van der Waals surface area contributed by atoms with Gasteiger partial charge in [0.25, 0.3) is 5.91 Å². The van der Waals surface area contributed by atoms with Gasteiger partial charge in [-0.15, -0.1) is 0 Å². The van der Waals surface area contributed by atoms with Gasteiger partial charge in [-0.05, 0) is 12.0 Å². The van der Waals surface area contributed by atoms with Gasteiger partial charge in [0, 0.05) is 31.6 Å². The third-order valence-corrected chi connectivity index (χ3v) is 2.37. The molecule has 1 rings (SSSR count). The molecule has 102 valence electrons. The quantitative estimate of drug-likeness (QED) is 0.755. The Kier molecular flexibility index (Phi) is 6.58. The van der Waals surface area contributed by atoms with Crippen molar-refractivity contribution >= 4 is 5.91 Å². The molecule has 0 fully saturated rings. The van der Waals surface area contributed by atoms with Gasteiger partial charge in [0.05, 0.1) is 12.2 Å². The van der Waals surface area contributed by atoms with E-state index in [9.17, 15) is 4.79 Å². The number of nitrogens with one attached hydrogen (secondary N) is 1. The van der Waals surface area contributed by atoms with E-state index in [0.717, 1.165) is 0 Å². The van der Waals surface area contributed by atoms with E-state index in [-0.39, 0.29) is 18.4 Å². The summed E-state index contributed by atoms with van der Waals surface area (Å²) < 4.78 is 5.00. The van der Waals surface area contributed by atoms with Gasteiger partial charge in [-0.1, -0.05) is 18.8 Å². The van der Waals surface area contributed by atoms with Crippen LogP contribution >= 0.6 is 0 Å². The number of hydrogen-bond donors (Lipinski definition) is 2. The normalized spacial score (nSPS) is 11.3. The number of rotatable bonds is 5. The maximum atomic E-state index is 11.9. The van der Waals surface area contributed by atoms with Gasteiger partial charge >= 0.3 is 0 Å². The van der Waals surface area contributed by atoms with Crippen molar-refractivity contribution < 1.29 is 14.6 Å². The molecule has 19 heavy (non-hydrogen) atoms. The number of aliphatic hydroxyl groups is 1. The van der Waals surface area contributed by atoms with Crippen molar-refractivity contribution in [3.8, 4) is 11.8 Å². The topological polar surface area (TPSA) is 71.5 Å². The average Bonchev–Trinajstić information content (AvgIpc) is 2.43. The minimum atomic E-state index is -0.217. The summed E-state index contributed by atoms with van der Waals surface area (Å²) in [7, 11) is 1.63. The lowest BCUT2D eigenvalue weighted by Crippen LogP contribution is -2.30. The number of carbonyl (C=O) groups excluding carboxylic acids is 1. The summed E-state index contributed by atoms with van der Waals surface area (Å²) in [5.41, 5.74) is 1.06. The van der Waals surface area contributed by atoms with Gasteiger partial charge in [0.2, 0.25) is 0 Å². The lowest BCUT2D eigenvalue weighted by Gasteiger charge is -2.11. The fourth-order valence-electron chi connectivity index (χ4n) is 1.49. The van der Waals surface area contributed by atoms with Crippen molar-refractivity contribution in [3.05, 3.63) is 29.6 Å². The molecular formula is C14H18N2O3. The fourth-order valence-corrected chi connectivity index (χ4v) is 1.49. The van der Waals surface area contributed by atoms with Crippen LogP contribution < -0.4 is 5.32 Å². The highest BCUT2D eigenvalue weighted by molar-refractivity contribution is 5.94. The van der Waals surface area contributed by atoms with Crippen LogP contribution in [0.5, 0.6) is 0 Å². The second-order valence-corrected chi connectivity index (χ2v) is 4.19.